The summed E-state index contributed by atoms with van der Waals surface area (Å²) in [5.74, 6) is -1.75. The summed E-state index contributed by atoms with van der Waals surface area (Å²) in [4.78, 5) is 44.3. The van der Waals surface area contributed by atoms with Gasteiger partial charge >= 0.3 is 12.1 Å². The first kappa shape index (κ1) is 22.4. The molecule has 1 aliphatic carbocycles. The van der Waals surface area contributed by atoms with Crippen LogP contribution in [0.25, 0.3) is 11.1 Å². The van der Waals surface area contributed by atoms with E-state index < -0.39 is 24.6 Å². The molecule has 33 heavy (non-hydrogen) atoms. The average Bonchev–Trinajstić information content (AvgIpc) is 3.42. The highest BCUT2D eigenvalue weighted by Gasteiger charge is 2.29. The van der Waals surface area contributed by atoms with Crippen LogP contribution in [-0.4, -0.2) is 53.4 Å². The van der Waals surface area contributed by atoms with Gasteiger partial charge in [-0.3, -0.25) is 9.63 Å². The lowest BCUT2D eigenvalue weighted by Crippen LogP contribution is -2.28. The van der Waals surface area contributed by atoms with Crippen molar-refractivity contribution in [3.05, 3.63) is 75.7 Å². The number of benzene rings is 2. The largest absolute Gasteiger partial charge is 0.479 e. The fraction of sp³-hybridized carbons (Fsp3) is 0.217. The maximum absolute atomic E-state index is 12.3. The van der Waals surface area contributed by atoms with Crippen LogP contribution in [0, 0.1) is 0 Å². The van der Waals surface area contributed by atoms with Gasteiger partial charge in [0.2, 0.25) is 0 Å². The standard InChI is InChI=1S/C23H21N3O6S/c1-26(32-13-21(27)28)22(29)19-10-24-20(33-19)11-25-23(30)31-12-18-16-8-4-2-6-14(16)15-7-3-5-9-17(15)18/h2-10,18H,11-13H2,1H3,(H,25,30)(H,27,28). The number of carboxylic acid groups (broad SMARTS) is 1. The second kappa shape index (κ2) is 9.80. The Kier molecular flexibility index (Phi) is 6.66. The molecule has 0 unspecified atom stereocenters. The molecule has 0 spiro atoms. The van der Waals surface area contributed by atoms with E-state index in [1.807, 2.05) is 36.4 Å². The highest BCUT2D eigenvalue weighted by atomic mass is 32.1. The number of nitrogens with one attached hydrogen (secondary N) is 1. The van der Waals surface area contributed by atoms with Crippen molar-refractivity contribution in [2.24, 2.45) is 0 Å². The van der Waals surface area contributed by atoms with Crippen LogP contribution >= 0.6 is 11.3 Å². The lowest BCUT2D eigenvalue weighted by Gasteiger charge is -2.14. The minimum Gasteiger partial charge on any atom is -0.479 e. The van der Waals surface area contributed by atoms with Crippen LogP contribution in [0.3, 0.4) is 0 Å². The first-order valence-electron chi connectivity index (χ1n) is 10.1. The number of hydrogen-bond acceptors (Lipinski definition) is 7. The summed E-state index contributed by atoms with van der Waals surface area (Å²) in [6.45, 7) is -0.335. The monoisotopic (exact) mass is 467 g/mol. The number of carbonyl (C=O) groups is 3. The van der Waals surface area contributed by atoms with E-state index in [1.165, 1.54) is 13.2 Å². The predicted molar refractivity (Wildman–Crippen MR) is 120 cm³/mol. The molecule has 1 heterocycles. The zero-order chi connectivity index (χ0) is 23.4. The second-order valence-corrected chi connectivity index (χ2v) is 8.38. The van der Waals surface area contributed by atoms with E-state index >= 15 is 0 Å². The van der Waals surface area contributed by atoms with E-state index in [0.717, 1.165) is 38.7 Å². The molecule has 0 atom stereocenters. The number of fused-ring (bicyclic) bond motifs is 3. The van der Waals surface area contributed by atoms with Gasteiger partial charge in [0.15, 0.2) is 6.61 Å². The first-order valence-corrected chi connectivity index (χ1v) is 10.9. The molecule has 0 radical (unpaired) electrons. The molecule has 2 amide bonds. The molecular weight excluding hydrogens is 446 g/mol. The molecule has 0 saturated heterocycles. The number of carboxylic acids is 1. The lowest BCUT2D eigenvalue weighted by atomic mass is 9.98. The Bertz CT molecular complexity index is 1150. The molecule has 0 saturated carbocycles. The van der Waals surface area contributed by atoms with Crippen LogP contribution in [0.5, 0.6) is 0 Å². The summed E-state index contributed by atoms with van der Waals surface area (Å²) < 4.78 is 5.48. The van der Waals surface area contributed by atoms with Gasteiger partial charge in [0.25, 0.3) is 5.91 Å². The van der Waals surface area contributed by atoms with E-state index in [2.05, 4.69) is 22.4 Å². The summed E-state index contributed by atoms with van der Waals surface area (Å²) in [6, 6.07) is 16.2. The third-order valence-corrected chi connectivity index (χ3v) is 6.14. The molecule has 2 aromatic carbocycles. The van der Waals surface area contributed by atoms with Crippen LogP contribution in [-0.2, 0) is 20.9 Å². The van der Waals surface area contributed by atoms with Crippen LogP contribution in [0.15, 0.2) is 54.7 Å². The number of alkyl carbamates (subject to hydrolysis) is 1. The molecule has 1 aromatic heterocycles. The van der Waals surface area contributed by atoms with E-state index in [4.69, 9.17) is 14.7 Å². The highest BCUT2D eigenvalue weighted by Crippen LogP contribution is 2.44. The minimum absolute atomic E-state index is 0.0337. The molecule has 0 bridgehead atoms. The lowest BCUT2D eigenvalue weighted by molar-refractivity contribution is -0.159. The molecule has 1 aliphatic rings. The van der Waals surface area contributed by atoms with Gasteiger partial charge in [-0.25, -0.2) is 19.6 Å². The SMILES string of the molecule is CN(OCC(=O)O)C(=O)c1cnc(CNC(=O)OCC2c3ccccc3-c3ccccc32)s1. The summed E-state index contributed by atoms with van der Waals surface area (Å²) in [6.07, 6.45) is 0.768. The zero-order valence-corrected chi connectivity index (χ0v) is 18.5. The summed E-state index contributed by atoms with van der Waals surface area (Å²) in [5.41, 5.74) is 4.56. The molecular formula is C23H21N3O6S. The van der Waals surface area contributed by atoms with Crippen molar-refractivity contribution in [1.82, 2.24) is 15.4 Å². The van der Waals surface area contributed by atoms with Gasteiger partial charge < -0.3 is 15.2 Å². The number of nitrogens with zero attached hydrogens (tertiary/aromatic N) is 2. The maximum Gasteiger partial charge on any atom is 0.407 e. The second-order valence-electron chi connectivity index (χ2n) is 7.27. The molecule has 0 fully saturated rings. The molecule has 4 rings (SSSR count). The summed E-state index contributed by atoms with van der Waals surface area (Å²) in [7, 11) is 1.32. The van der Waals surface area contributed by atoms with E-state index in [9.17, 15) is 14.4 Å². The number of thiazole rings is 1. The van der Waals surface area contributed by atoms with Gasteiger partial charge in [-0.15, -0.1) is 11.3 Å². The van der Waals surface area contributed by atoms with Gasteiger partial charge in [-0.05, 0) is 22.3 Å². The van der Waals surface area contributed by atoms with Crippen molar-refractivity contribution in [3.63, 3.8) is 0 Å². The van der Waals surface area contributed by atoms with Crippen molar-refractivity contribution in [2.45, 2.75) is 12.5 Å². The number of hydroxylamine groups is 2. The van der Waals surface area contributed by atoms with Gasteiger partial charge in [0, 0.05) is 13.0 Å². The fourth-order valence-electron chi connectivity index (χ4n) is 3.65. The molecule has 0 aliphatic heterocycles. The van der Waals surface area contributed by atoms with Crippen LogP contribution in [0.4, 0.5) is 4.79 Å². The Morgan fingerprint density at radius 2 is 1.73 bits per heavy atom. The van der Waals surface area contributed by atoms with E-state index in [1.54, 1.807) is 0 Å². The third kappa shape index (κ3) is 5.02. The van der Waals surface area contributed by atoms with Crippen molar-refractivity contribution >= 4 is 29.3 Å². The number of aliphatic carboxylic acids is 1. The van der Waals surface area contributed by atoms with E-state index in [-0.39, 0.29) is 23.9 Å². The predicted octanol–water partition coefficient (Wildman–Crippen LogP) is 3.27. The Morgan fingerprint density at radius 3 is 2.36 bits per heavy atom. The van der Waals surface area contributed by atoms with Crippen LogP contribution < -0.4 is 5.32 Å². The van der Waals surface area contributed by atoms with Crippen molar-refractivity contribution < 1.29 is 29.1 Å². The number of ether oxygens (including phenoxy) is 1. The number of carbonyl (C=O) groups excluding carboxylic acids is 2. The van der Waals surface area contributed by atoms with Gasteiger partial charge in [0.1, 0.15) is 16.5 Å². The quantitative estimate of drug-likeness (QED) is 0.488. The summed E-state index contributed by atoms with van der Waals surface area (Å²) in [5, 5.41) is 12.6. The van der Waals surface area contributed by atoms with Crippen molar-refractivity contribution in [1.29, 1.82) is 0 Å². The smallest absolute Gasteiger partial charge is 0.407 e. The fourth-order valence-corrected chi connectivity index (χ4v) is 4.48. The number of aromatic nitrogens is 1. The normalized spacial score (nSPS) is 12.0. The Hall–Kier alpha value is -3.76. The van der Waals surface area contributed by atoms with E-state index in [0.29, 0.717) is 5.01 Å². The number of hydrogen-bond donors (Lipinski definition) is 2. The molecule has 10 heteroatoms. The van der Waals surface area contributed by atoms with Crippen molar-refractivity contribution in [3.8, 4) is 11.1 Å². The Morgan fingerprint density at radius 1 is 1.09 bits per heavy atom. The van der Waals surface area contributed by atoms with Gasteiger partial charge in [-0.2, -0.15) is 0 Å². The number of rotatable bonds is 8. The third-order valence-electron chi connectivity index (χ3n) is 5.16. The van der Waals surface area contributed by atoms with Gasteiger partial charge in [-0.1, -0.05) is 48.5 Å². The number of amides is 2. The maximum atomic E-state index is 12.3. The zero-order valence-electron chi connectivity index (χ0n) is 17.7. The molecule has 9 nitrogen and oxygen atoms in total. The Balaban J connectivity index is 1.30. The molecule has 2 N–H and O–H groups in total. The topological polar surface area (TPSA) is 118 Å². The van der Waals surface area contributed by atoms with Crippen molar-refractivity contribution in [2.75, 3.05) is 20.3 Å². The molecule has 3 aromatic rings. The van der Waals surface area contributed by atoms with Crippen LogP contribution in [0.2, 0.25) is 0 Å². The Labute approximate surface area is 193 Å². The first-order chi connectivity index (χ1) is 15.9. The average molecular weight is 468 g/mol. The highest BCUT2D eigenvalue weighted by molar-refractivity contribution is 7.13. The minimum atomic E-state index is -1.19. The van der Waals surface area contributed by atoms with Gasteiger partial charge in [0.05, 0.1) is 12.7 Å². The summed E-state index contributed by atoms with van der Waals surface area (Å²) >= 11 is 1.07. The van der Waals surface area contributed by atoms with Crippen LogP contribution in [0.1, 0.15) is 31.7 Å². The molecule has 170 valence electrons.